The highest BCUT2D eigenvalue weighted by molar-refractivity contribution is 5.96. The van der Waals surface area contributed by atoms with Crippen LogP contribution in [0.5, 0.6) is 0 Å². The van der Waals surface area contributed by atoms with Gasteiger partial charge in [0.15, 0.2) is 5.96 Å². The van der Waals surface area contributed by atoms with E-state index in [0.717, 1.165) is 25.7 Å². The molecule has 24 heavy (non-hydrogen) atoms. The first-order chi connectivity index (χ1) is 11.5. The van der Waals surface area contributed by atoms with Crippen molar-refractivity contribution in [3.8, 4) is 0 Å². The highest BCUT2D eigenvalue weighted by Gasteiger charge is 2.15. The quantitative estimate of drug-likeness (QED) is 0.664. The van der Waals surface area contributed by atoms with Crippen LogP contribution in [0.15, 0.2) is 0 Å². The lowest BCUT2D eigenvalue weighted by molar-refractivity contribution is -0.148. The number of esters is 1. The van der Waals surface area contributed by atoms with Gasteiger partial charge in [-0.2, -0.15) is 0 Å². The SMILES string of the molecule is CC1CCCCCCCCCCCC(=O)NC(=N)N(C)CC(=O)O1. The van der Waals surface area contributed by atoms with Crippen molar-refractivity contribution in [3.05, 3.63) is 0 Å². The Bertz CT molecular complexity index is 412. The topological polar surface area (TPSA) is 82.5 Å². The fourth-order valence-electron chi connectivity index (χ4n) is 2.84. The third-order valence-electron chi connectivity index (χ3n) is 4.35. The second-order valence-electron chi connectivity index (χ2n) is 6.77. The van der Waals surface area contributed by atoms with E-state index in [1.165, 1.54) is 43.4 Å². The van der Waals surface area contributed by atoms with Crippen molar-refractivity contribution in [1.29, 1.82) is 5.41 Å². The van der Waals surface area contributed by atoms with Gasteiger partial charge >= 0.3 is 5.97 Å². The largest absolute Gasteiger partial charge is 0.461 e. The van der Waals surface area contributed by atoms with Crippen LogP contribution in [0.2, 0.25) is 0 Å². The summed E-state index contributed by atoms with van der Waals surface area (Å²) in [5.41, 5.74) is 0. The Balaban J connectivity index is 2.48. The molecule has 0 aromatic carbocycles. The van der Waals surface area contributed by atoms with Gasteiger partial charge in [0.2, 0.25) is 5.91 Å². The summed E-state index contributed by atoms with van der Waals surface area (Å²) in [6.45, 7) is 1.89. The molecule has 6 heteroatoms. The fourth-order valence-corrected chi connectivity index (χ4v) is 2.84. The molecule has 1 aliphatic rings. The molecule has 1 heterocycles. The first-order valence-corrected chi connectivity index (χ1v) is 9.28. The van der Waals surface area contributed by atoms with Crippen molar-refractivity contribution in [2.24, 2.45) is 0 Å². The molecular formula is C18H33N3O3. The molecule has 0 spiro atoms. The van der Waals surface area contributed by atoms with Crippen LogP contribution in [0.4, 0.5) is 0 Å². The normalized spacial score (nSPS) is 24.3. The standard InChI is InChI=1S/C18H33N3O3/c1-15-12-10-8-6-4-3-5-7-9-11-13-16(22)20-18(19)21(2)14-17(23)24-15/h15H,3-14H2,1-2H3,(H2,19,20,22). The number of rotatable bonds is 0. The first-order valence-electron chi connectivity index (χ1n) is 9.28. The molecule has 1 saturated heterocycles. The molecule has 6 nitrogen and oxygen atoms in total. The maximum atomic E-state index is 11.9. The third kappa shape index (κ3) is 9.53. The third-order valence-corrected chi connectivity index (χ3v) is 4.35. The summed E-state index contributed by atoms with van der Waals surface area (Å²) in [6.07, 6.45) is 11.5. The Kier molecular flexibility index (Phi) is 10.1. The summed E-state index contributed by atoms with van der Waals surface area (Å²) in [5, 5.41) is 10.4. The Morgan fingerprint density at radius 2 is 1.54 bits per heavy atom. The van der Waals surface area contributed by atoms with Gasteiger partial charge in [0.1, 0.15) is 6.54 Å². The second-order valence-corrected chi connectivity index (χ2v) is 6.77. The molecule has 1 amide bonds. The monoisotopic (exact) mass is 339 g/mol. The van der Waals surface area contributed by atoms with Crippen LogP contribution in [-0.4, -0.2) is 42.4 Å². The number of nitrogens with one attached hydrogen (secondary N) is 2. The molecule has 0 saturated carbocycles. The number of carbonyl (C=O) groups is 2. The minimum absolute atomic E-state index is 0.0244. The van der Waals surface area contributed by atoms with Gasteiger partial charge in [-0.05, 0) is 26.2 Å². The molecule has 0 bridgehead atoms. The average molecular weight is 339 g/mol. The van der Waals surface area contributed by atoms with E-state index in [1.54, 1.807) is 7.05 Å². The Morgan fingerprint density at radius 3 is 2.17 bits per heavy atom. The maximum absolute atomic E-state index is 11.9. The maximum Gasteiger partial charge on any atom is 0.325 e. The van der Waals surface area contributed by atoms with Crippen molar-refractivity contribution in [2.45, 2.75) is 83.7 Å². The van der Waals surface area contributed by atoms with Gasteiger partial charge in [-0.1, -0.05) is 44.9 Å². The molecule has 0 aromatic rings. The number of guanidine groups is 1. The van der Waals surface area contributed by atoms with E-state index in [9.17, 15) is 9.59 Å². The van der Waals surface area contributed by atoms with E-state index in [2.05, 4.69) is 5.32 Å². The second kappa shape index (κ2) is 11.9. The van der Waals surface area contributed by atoms with Crippen molar-refractivity contribution in [2.75, 3.05) is 13.6 Å². The number of amides is 1. The van der Waals surface area contributed by atoms with Crippen LogP contribution in [0.3, 0.4) is 0 Å². The number of nitrogens with zero attached hydrogens (tertiary/aromatic N) is 1. The van der Waals surface area contributed by atoms with Crippen LogP contribution in [0.1, 0.15) is 77.6 Å². The van der Waals surface area contributed by atoms with Crippen molar-refractivity contribution >= 4 is 17.8 Å². The zero-order valence-corrected chi connectivity index (χ0v) is 15.2. The molecule has 2 N–H and O–H groups in total. The van der Waals surface area contributed by atoms with Gasteiger partial charge in [-0.15, -0.1) is 0 Å². The van der Waals surface area contributed by atoms with Crippen LogP contribution < -0.4 is 5.32 Å². The summed E-state index contributed by atoms with van der Waals surface area (Å²) in [6, 6.07) is 0. The summed E-state index contributed by atoms with van der Waals surface area (Å²) < 4.78 is 5.37. The molecule has 1 fully saturated rings. The predicted octanol–water partition coefficient (Wildman–Crippen LogP) is 3.21. The van der Waals surface area contributed by atoms with Crippen LogP contribution >= 0.6 is 0 Å². The first kappa shape index (κ1) is 20.5. The van der Waals surface area contributed by atoms with E-state index in [1.807, 2.05) is 6.92 Å². The molecule has 1 atom stereocenters. The number of hydrogen-bond donors (Lipinski definition) is 2. The van der Waals surface area contributed by atoms with Crippen molar-refractivity contribution < 1.29 is 14.3 Å². The van der Waals surface area contributed by atoms with Gasteiger partial charge in [-0.3, -0.25) is 20.3 Å². The number of ether oxygens (including phenoxy) is 1. The molecule has 1 unspecified atom stereocenters. The molecule has 138 valence electrons. The molecule has 1 aliphatic heterocycles. The Hall–Kier alpha value is -1.59. The molecular weight excluding hydrogens is 306 g/mol. The number of hydrogen-bond acceptors (Lipinski definition) is 4. The van der Waals surface area contributed by atoms with Crippen LogP contribution in [0, 0.1) is 5.41 Å². The lowest BCUT2D eigenvalue weighted by Gasteiger charge is -2.20. The minimum atomic E-state index is -0.359. The van der Waals surface area contributed by atoms with E-state index < -0.39 is 0 Å². The van der Waals surface area contributed by atoms with E-state index in [-0.39, 0.29) is 30.5 Å². The minimum Gasteiger partial charge on any atom is -0.461 e. The van der Waals surface area contributed by atoms with Crippen molar-refractivity contribution in [1.82, 2.24) is 10.2 Å². The highest BCUT2D eigenvalue weighted by atomic mass is 16.5. The van der Waals surface area contributed by atoms with Gasteiger partial charge in [0.25, 0.3) is 0 Å². The summed E-state index contributed by atoms with van der Waals surface area (Å²) in [7, 11) is 1.61. The van der Waals surface area contributed by atoms with Gasteiger partial charge in [0.05, 0.1) is 6.10 Å². The molecule has 0 aromatic heterocycles. The zero-order chi connectivity index (χ0) is 17.8. The molecule has 1 rings (SSSR count). The van der Waals surface area contributed by atoms with Gasteiger partial charge in [0, 0.05) is 13.5 Å². The van der Waals surface area contributed by atoms with Gasteiger partial charge < -0.3 is 9.64 Å². The predicted molar refractivity (Wildman–Crippen MR) is 94.8 cm³/mol. The summed E-state index contributed by atoms with van der Waals surface area (Å²) in [5.74, 6) is -0.573. The molecule has 0 aliphatic carbocycles. The number of cyclic esters (lactones) is 1. The highest BCUT2D eigenvalue weighted by Crippen LogP contribution is 2.13. The summed E-state index contributed by atoms with van der Waals surface area (Å²) >= 11 is 0. The lowest BCUT2D eigenvalue weighted by atomic mass is 10.0. The Morgan fingerprint density at radius 1 is 1.00 bits per heavy atom. The number of carbonyl (C=O) groups excluding carboxylic acids is 2. The van der Waals surface area contributed by atoms with Crippen molar-refractivity contribution in [3.63, 3.8) is 0 Å². The average Bonchev–Trinajstić information content (AvgIpc) is 2.51. The smallest absolute Gasteiger partial charge is 0.325 e. The fraction of sp³-hybridized carbons (Fsp3) is 0.833. The van der Waals surface area contributed by atoms with E-state index in [0.29, 0.717) is 6.42 Å². The molecule has 0 radical (unpaired) electrons. The lowest BCUT2D eigenvalue weighted by Crippen LogP contribution is -2.44. The van der Waals surface area contributed by atoms with E-state index >= 15 is 0 Å². The van der Waals surface area contributed by atoms with E-state index in [4.69, 9.17) is 10.1 Å². The zero-order valence-electron chi connectivity index (χ0n) is 15.2. The number of likely N-dealkylation sites (N-methyl/N-ethyl adjacent to an activating group) is 1. The Labute approximate surface area is 145 Å². The van der Waals surface area contributed by atoms with Crippen LogP contribution in [0.25, 0.3) is 0 Å². The van der Waals surface area contributed by atoms with Gasteiger partial charge in [-0.25, -0.2) is 0 Å². The van der Waals surface area contributed by atoms with Crippen LogP contribution in [-0.2, 0) is 14.3 Å². The summed E-state index contributed by atoms with van der Waals surface area (Å²) in [4.78, 5) is 25.1.